The molecule has 0 unspecified atom stereocenters. The van der Waals surface area contributed by atoms with Gasteiger partial charge < -0.3 is 0 Å². The molecular weight excluding hydrogens is 442 g/mol. The molecule has 0 aliphatic heterocycles. The highest BCUT2D eigenvalue weighted by atomic mass is 32.2. The third-order valence-corrected chi connectivity index (χ3v) is 5.37. The highest BCUT2D eigenvalue weighted by molar-refractivity contribution is 7.99. The van der Waals surface area contributed by atoms with Crippen molar-refractivity contribution in [1.82, 2.24) is 25.2 Å². The summed E-state index contributed by atoms with van der Waals surface area (Å²) in [6.45, 7) is 0. The van der Waals surface area contributed by atoms with Gasteiger partial charge in [-0.3, -0.25) is 24.5 Å². The highest BCUT2D eigenvalue weighted by Gasteiger charge is 2.17. The third-order valence-electron chi connectivity index (χ3n) is 4.44. The summed E-state index contributed by atoms with van der Waals surface area (Å²) in [5, 5.41) is 24.0. The lowest BCUT2D eigenvalue weighted by atomic mass is 10.2. The molecule has 0 aliphatic rings. The van der Waals surface area contributed by atoms with Crippen LogP contribution in [0.2, 0.25) is 0 Å². The first-order valence-electron chi connectivity index (χ1n) is 9.73. The van der Waals surface area contributed by atoms with Crippen molar-refractivity contribution < 1.29 is 9.72 Å². The van der Waals surface area contributed by atoms with E-state index in [2.05, 4.69) is 25.7 Å². The fourth-order valence-corrected chi connectivity index (χ4v) is 3.70. The van der Waals surface area contributed by atoms with Crippen LogP contribution in [0.5, 0.6) is 0 Å². The molecule has 164 valence electrons. The summed E-state index contributed by atoms with van der Waals surface area (Å²) in [6.07, 6.45) is 4.60. The van der Waals surface area contributed by atoms with E-state index in [4.69, 9.17) is 0 Å². The van der Waals surface area contributed by atoms with E-state index in [0.29, 0.717) is 16.5 Å². The van der Waals surface area contributed by atoms with Crippen molar-refractivity contribution in [3.8, 4) is 17.1 Å². The number of thioether (sulfide) groups is 1. The number of nitrogens with one attached hydrogen (secondary N) is 1. The monoisotopic (exact) mass is 459 g/mol. The number of carbonyl (C=O) groups is 1. The maximum atomic E-state index is 12.3. The van der Waals surface area contributed by atoms with Crippen LogP contribution in [-0.2, 0) is 4.79 Å². The van der Waals surface area contributed by atoms with Gasteiger partial charge in [0.05, 0.1) is 22.5 Å². The first kappa shape index (κ1) is 21.8. The number of benzene rings is 2. The summed E-state index contributed by atoms with van der Waals surface area (Å²) in [7, 11) is 0. The molecular formula is C22H17N7O3S. The number of hydrogen-bond acceptors (Lipinski definition) is 8. The number of amides is 1. The minimum atomic E-state index is -0.504. The molecule has 1 N–H and O–H groups in total. The van der Waals surface area contributed by atoms with Crippen molar-refractivity contribution in [2.75, 3.05) is 5.75 Å². The lowest BCUT2D eigenvalue weighted by molar-refractivity contribution is -0.385. The van der Waals surface area contributed by atoms with E-state index in [-0.39, 0.29) is 17.3 Å². The van der Waals surface area contributed by atoms with Gasteiger partial charge in [0.15, 0.2) is 11.0 Å². The Bertz CT molecular complexity index is 1290. The Kier molecular flexibility index (Phi) is 6.81. The van der Waals surface area contributed by atoms with Crippen LogP contribution in [0.25, 0.3) is 17.1 Å². The second-order valence-corrected chi connectivity index (χ2v) is 7.55. The molecule has 1 amide bonds. The van der Waals surface area contributed by atoms with E-state index < -0.39 is 4.92 Å². The standard InChI is InChI=1S/C22H17N7O3S/c30-20(25-24-14-17-6-4-5-9-19(17)29(31)32)15-33-22-27-26-21(16-10-12-23-13-11-16)28(22)18-7-2-1-3-8-18/h1-14H,15H2,(H,25,30)/b24-14-. The molecule has 11 heteroatoms. The van der Waals surface area contributed by atoms with Gasteiger partial charge in [-0.1, -0.05) is 42.1 Å². The number of nitrogens with zero attached hydrogens (tertiary/aromatic N) is 6. The Labute approximate surface area is 192 Å². The van der Waals surface area contributed by atoms with Gasteiger partial charge in [0.25, 0.3) is 11.6 Å². The van der Waals surface area contributed by atoms with E-state index in [1.54, 1.807) is 30.6 Å². The molecule has 2 aromatic carbocycles. The molecule has 0 saturated carbocycles. The Balaban J connectivity index is 1.48. The number of hydrogen-bond donors (Lipinski definition) is 1. The third kappa shape index (κ3) is 5.28. The Morgan fingerprint density at radius 3 is 2.55 bits per heavy atom. The topological polar surface area (TPSA) is 128 Å². The Morgan fingerprint density at radius 1 is 1.06 bits per heavy atom. The van der Waals surface area contributed by atoms with E-state index in [1.807, 2.05) is 47.0 Å². The van der Waals surface area contributed by atoms with Crippen LogP contribution in [0.15, 0.2) is 89.4 Å². The van der Waals surface area contributed by atoms with Crippen LogP contribution in [0, 0.1) is 10.1 Å². The molecule has 33 heavy (non-hydrogen) atoms. The number of nitro groups is 1. The predicted molar refractivity (Wildman–Crippen MR) is 124 cm³/mol. The van der Waals surface area contributed by atoms with Gasteiger partial charge in [0.1, 0.15) is 0 Å². The van der Waals surface area contributed by atoms with Gasteiger partial charge in [-0.15, -0.1) is 10.2 Å². The minimum absolute atomic E-state index is 0.0233. The van der Waals surface area contributed by atoms with Gasteiger partial charge in [0.2, 0.25) is 0 Å². The summed E-state index contributed by atoms with van der Waals surface area (Å²) >= 11 is 1.20. The zero-order chi connectivity index (χ0) is 23.0. The second kappa shape index (κ2) is 10.3. The molecule has 0 spiro atoms. The number of carbonyl (C=O) groups excluding carboxylic acids is 1. The van der Waals surface area contributed by atoms with Gasteiger partial charge in [-0.05, 0) is 30.3 Å². The zero-order valence-electron chi connectivity index (χ0n) is 17.1. The van der Waals surface area contributed by atoms with Crippen molar-refractivity contribution in [3.63, 3.8) is 0 Å². The summed E-state index contributed by atoms with van der Waals surface area (Å²) in [5.74, 6) is 0.263. The average molecular weight is 459 g/mol. The average Bonchev–Trinajstić information content (AvgIpc) is 3.28. The first-order valence-corrected chi connectivity index (χ1v) is 10.7. The molecule has 2 aromatic heterocycles. The van der Waals surface area contributed by atoms with Crippen LogP contribution in [0.3, 0.4) is 0 Å². The largest absolute Gasteiger partial charge is 0.278 e. The summed E-state index contributed by atoms with van der Waals surface area (Å²) in [4.78, 5) is 26.9. The van der Waals surface area contributed by atoms with Crippen LogP contribution in [-0.4, -0.2) is 42.5 Å². The van der Waals surface area contributed by atoms with E-state index in [1.165, 1.54) is 24.0 Å². The van der Waals surface area contributed by atoms with Crippen LogP contribution < -0.4 is 5.43 Å². The molecule has 0 aliphatic carbocycles. The van der Waals surface area contributed by atoms with Crippen molar-refractivity contribution >= 4 is 29.6 Å². The van der Waals surface area contributed by atoms with Gasteiger partial charge in [-0.25, -0.2) is 5.43 Å². The van der Waals surface area contributed by atoms with Crippen LogP contribution >= 0.6 is 11.8 Å². The molecule has 4 rings (SSSR count). The SMILES string of the molecule is O=C(CSc1nnc(-c2ccncc2)n1-c1ccccc1)N/N=C\c1ccccc1[N+](=O)[O-]. The first-order chi connectivity index (χ1) is 16.1. The molecule has 0 saturated heterocycles. The smallest absolute Gasteiger partial charge is 0.272 e. The maximum Gasteiger partial charge on any atom is 0.278 e. The zero-order valence-corrected chi connectivity index (χ0v) is 17.9. The summed E-state index contributed by atoms with van der Waals surface area (Å²) in [5.41, 5.74) is 4.28. The van der Waals surface area contributed by atoms with Gasteiger partial charge >= 0.3 is 0 Å². The van der Waals surface area contributed by atoms with Crippen LogP contribution in [0.1, 0.15) is 5.56 Å². The molecule has 2 heterocycles. The number of aromatic nitrogens is 4. The molecule has 10 nitrogen and oxygen atoms in total. The number of pyridine rings is 1. The lowest BCUT2D eigenvalue weighted by Gasteiger charge is -2.10. The van der Waals surface area contributed by atoms with Gasteiger partial charge in [-0.2, -0.15) is 5.10 Å². The fourth-order valence-electron chi connectivity index (χ4n) is 2.96. The predicted octanol–water partition coefficient (Wildman–Crippen LogP) is 3.48. The molecule has 4 aromatic rings. The Morgan fingerprint density at radius 2 is 1.79 bits per heavy atom. The molecule has 0 radical (unpaired) electrons. The second-order valence-electron chi connectivity index (χ2n) is 6.61. The minimum Gasteiger partial charge on any atom is -0.272 e. The summed E-state index contributed by atoms with van der Waals surface area (Å²) < 4.78 is 1.86. The number of nitro benzene ring substituents is 1. The van der Waals surface area contributed by atoms with Crippen molar-refractivity contribution in [3.05, 3.63) is 94.8 Å². The quantitative estimate of drug-likeness (QED) is 0.185. The van der Waals surface area contributed by atoms with Gasteiger partial charge in [0, 0.05) is 29.7 Å². The highest BCUT2D eigenvalue weighted by Crippen LogP contribution is 2.27. The maximum absolute atomic E-state index is 12.3. The number of para-hydroxylation sites is 2. The number of hydrazone groups is 1. The van der Waals surface area contributed by atoms with E-state index in [9.17, 15) is 14.9 Å². The van der Waals surface area contributed by atoms with Crippen molar-refractivity contribution in [1.29, 1.82) is 0 Å². The van der Waals surface area contributed by atoms with E-state index in [0.717, 1.165) is 11.3 Å². The van der Waals surface area contributed by atoms with Crippen molar-refractivity contribution in [2.24, 2.45) is 5.10 Å². The van der Waals surface area contributed by atoms with Crippen LogP contribution in [0.4, 0.5) is 5.69 Å². The normalized spacial score (nSPS) is 10.9. The molecule has 0 fully saturated rings. The molecule has 0 atom stereocenters. The van der Waals surface area contributed by atoms with E-state index >= 15 is 0 Å². The molecule has 0 bridgehead atoms. The lowest BCUT2D eigenvalue weighted by Crippen LogP contribution is -2.20. The summed E-state index contributed by atoms with van der Waals surface area (Å²) in [6, 6.07) is 19.4. The van der Waals surface area contributed by atoms with Crippen molar-refractivity contribution in [2.45, 2.75) is 5.16 Å². The fraction of sp³-hybridized carbons (Fsp3) is 0.0455. The Hall–Kier alpha value is -4.38. The number of rotatable bonds is 8.